The standard InChI is InChI=1S/C22H34N6O/c1-2-23-22(24-12-3-15-27-17-10-21(29)11-18-27)25-14-9-19-5-7-20(8-6-19)28-16-4-13-26-28/h4-8,13,16,21,29H,2-3,9-12,14-15,17-18H2,1H3,(H2,23,24,25). The van der Waals surface area contributed by atoms with Crippen LogP contribution < -0.4 is 10.6 Å². The van der Waals surface area contributed by atoms with Crippen LogP contribution in [0.4, 0.5) is 0 Å². The zero-order valence-electron chi connectivity index (χ0n) is 17.4. The third-order valence-corrected chi connectivity index (χ3v) is 5.22. The normalized spacial score (nSPS) is 16.1. The van der Waals surface area contributed by atoms with Crippen LogP contribution in [0.3, 0.4) is 0 Å². The average molecular weight is 399 g/mol. The predicted octanol–water partition coefficient (Wildman–Crippen LogP) is 1.82. The topological polar surface area (TPSA) is 77.7 Å². The maximum Gasteiger partial charge on any atom is 0.191 e. The van der Waals surface area contributed by atoms with Crippen molar-refractivity contribution in [2.75, 3.05) is 39.3 Å². The van der Waals surface area contributed by atoms with E-state index < -0.39 is 0 Å². The van der Waals surface area contributed by atoms with Crippen LogP contribution >= 0.6 is 0 Å². The van der Waals surface area contributed by atoms with Crippen LogP contribution in [0.25, 0.3) is 5.69 Å². The molecule has 0 atom stereocenters. The van der Waals surface area contributed by atoms with Crippen LogP contribution in [0.5, 0.6) is 0 Å². The van der Waals surface area contributed by atoms with Crippen molar-refractivity contribution in [2.24, 2.45) is 4.99 Å². The van der Waals surface area contributed by atoms with Gasteiger partial charge in [0.1, 0.15) is 0 Å². The van der Waals surface area contributed by atoms with Gasteiger partial charge in [-0.3, -0.25) is 4.99 Å². The molecule has 29 heavy (non-hydrogen) atoms. The van der Waals surface area contributed by atoms with E-state index in [-0.39, 0.29) is 6.10 Å². The molecule has 0 unspecified atom stereocenters. The number of likely N-dealkylation sites (tertiary alicyclic amines) is 1. The lowest BCUT2D eigenvalue weighted by molar-refractivity contribution is 0.0824. The van der Waals surface area contributed by atoms with E-state index in [1.54, 1.807) is 6.20 Å². The number of benzene rings is 1. The summed E-state index contributed by atoms with van der Waals surface area (Å²) in [6.45, 7) is 7.66. The average Bonchev–Trinajstić information content (AvgIpc) is 3.28. The largest absolute Gasteiger partial charge is 0.393 e. The molecule has 7 nitrogen and oxygen atoms in total. The molecule has 0 spiro atoms. The van der Waals surface area contributed by atoms with E-state index in [2.05, 4.69) is 51.8 Å². The van der Waals surface area contributed by atoms with Gasteiger partial charge in [0.05, 0.1) is 11.8 Å². The minimum absolute atomic E-state index is 0.101. The number of aliphatic hydroxyl groups excluding tert-OH is 1. The van der Waals surface area contributed by atoms with E-state index in [1.165, 1.54) is 5.56 Å². The molecule has 3 rings (SSSR count). The number of aliphatic imine (C=N–C) groups is 1. The van der Waals surface area contributed by atoms with Gasteiger partial charge in [0.25, 0.3) is 0 Å². The van der Waals surface area contributed by atoms with Crippen molar-refractivity contribution < 1.29 is 5.11 Å². The van der Waals surface area contributed by atoms with Crippen LogP contribution in [0.15, 0.2) is 47.7 Å². The molecule has 0 aliphatic carbocycles. The van der Waals surface area contributed by atoms with Crippen molar-refractivity contribution in [1.29, 1.82) is 0 Å². The second-order valence-electron chi connectivity index (χ2n) is 7.48. The highest BCUT2D eigenvalue weighted by Crippen LogP contribution is 2.10. The molecule has 0 amide bonds. The number of hydrogen-bond acceptors (Lipinski definition) is 4. The summed E-state index contributed by atoms with van der Waals surface area (Å²) in [7, 11) is 0. The van der Waals surface area contributed by atoms with Crippen molar-refractivity contribution in [3.05, 3.63) is 48.3 Å². The maximum atomic E-state index is 9.58. The molecule has 0 saturated carbocycles. The van der Waals surface area contributed by atoms with E-state index in [1.807, 2.05) is 16.9 Å². The Labute approximate surface area is 173 Å². The summed E-state index contributed by atoms with van der Waals surface area (Å²) in [5.41, 5.74) is 2.36. The van der Waals surface area contributed by atoms with Crippen LogP contribution in [0.1, 0.15) is 31.7 Å². The zero-order valence-corrected chi connectivity index (χ0v) is 17.4. The monoisotopic (exact) mass is 398 g/mol. The lowest BCUT2D eigenvalue weighted by Gasteiger charge is -2.29. The number of nitrogens with zero attached hydrogens (tertiary/aromatic N) is 4. The van der Waals surface area contributed by atoms with Crippen LogP contribution in [0, 0.1) is 0 Å². The molecule has 7 heteroatoms. The fourth-order valence-corrected chi connectivity index (χ4v) is 3.53. The van der Waals surface area contributed by atoms with E-state index >= 15 is 0 Å². The molecule has 158 valence electrons. The predicted molar refractivity (Wildman–Crippen MR) is 118 cm³/mol. The molecule has 0 radical (unpaired) electrons. The molecule has 0 bridgehead atoms. The Balaban J connectivity index is 1.37. The molecule has 1 fully saturated rings. The van der Waals surface area contributed by atoms with E-state index in [0.717, 1.165) is 76.6 Å². The minimum atomic E-state index is -0.101. The van der Waals surface area contributed by atoms with Crippen LogP contribution in [-0.2, 0) is 6.42 Å². The summed E-state index contributed by atoms with van der Waals surface area (Å²) < 4.78 is 1.87. The summed E-state index contributed by atoms with van der Waals surface area (Å²) in [5, 5.41) is 20.6. The summed E-state index contributed by atoms with van der Waals surface area (Å²) in [4.78, 5) is 7.12. The van der Waals surface area contributed by atoms with Gasteiger partial charge >= 0.3 is 0 Å². The second-order valence-corrected chi connectivity index (χ2v) is 7.48. The van der Waals surface area contributed by atoms with Crippen molar-refractivity contribution in [3.8, 4) is 5.69 Å². The quantitative estimate of drug-likeness (QED) is 0.341. The summed E-state index contributed by atoms with van der Waals surface area (Å²) >= 11 is 0. The second kappa shape index (κ2) is 11.6. The Morgan fingerprint density at radius 1 is 1.21 bits per heavy atom. The summed E-state index contributed by atoms with van der Waals surface area (Å²) in [5.74, 6) is 0.884. The van der Waals surface area contributed by atoms with Gasteiger partial charge in [-0.05, 0) is 62.9 Å². The number of hydrogen-bond donors (Lipinski definition) is 3. The minimum Gasteiger partial charge on any atom is -0.393 e. The van der Waals surface area contributed by atoms with Gasteiger partial charge in [-0.25, -0.2) is 4.68 Å². The Bertz CT molecular complexity index is 720. The van der Waals surface area contributed by atoms with Gasteiger partial charge < -0.3 is 20.6 Å². The van der Waals surface area contributed by atoms with Gasteiger partial charge in [0.2, 0.25) is 0 Å². The van der Waals surface area contributed by atoms with Crippen molar-refractivity contribution in [1.82, 2.24) is 25.3 Å². The molecular weight excluding hydrogens is 364 g/mol. The molecule has 1 aromatic carbocycles. The maximum absolute atomic E-state index is 9.58. The highest BCUT2D eigenvalue weighted by molar-refractivity contribution is 5.79. The zero-order chi connectivity index (χ0) is 20.3. The molecular formula is C22H34N6O. The number of aliphatic hydroxyl groups is 1. The van der Waals surface area contributed by atoms with Crippen LogP contribution in [-0.4, -0.2) is 71.1 Å². The molecule has 3 N–H and O–H groups in total. The third-order valence-electron chi connectivity index (χ3n) is 5.22. The Morgan fingerprint density at radius 3 is 2.69 bits per heavy atom. The number of rotatable bonds is 9. The molecule has 1 aromatic heterocycles. The molecule has 2 aromatic rings. The van der Waals surface area contributed by atoms with Gasteiger partial charge in [-0.2, -0.15) is 5.10 Å². The number of piperidine rings is 1. The number of guanidine groups is 1. The third kappa shape index (κ3) is 7.18. The summed E-state index contributed by atoms with van der Waals surface area (Å²) in [6.07, 6.45) is 7.42. The highest BCUT2D eigenvalue weighted by atomic mass is 16.3. The van der Waals surface area contributed by atoms with Gasteiger partial charge in [-0.1, -0.05) is 12.1 Å². The first-order chi connectivity index (χ1) is 14.2. The first-order valence-corrected chi connectivity index (χ1v) is 10.8. The molecule has 2 heterocycles. The fraction of sp³-hybridized carbons (Fsp3) is 0.545. The number of nitrogens with one attached hydrogen (secondary N) is 2. The molecule has 1 aliphatic heterocycles. The van der Waals surface area contributed by atoms with E-state index in [4.69, 9.17) is 4.99 Å². The lowest BCUT2D eigenvalue weighted by Crippen LogP contribution is -2.39. The molecule has 1 aliphatic rings. The highest BCUT2D eigenvalue weighted by Gasteiger charge is 2.15. The van der Waals surface area contributed by atoms with Crippen molar-refractivity contribution in [2.45, 2.75) is 38.7 Å². The Morgan fingerprint density at radius 2 is 2.00 bits per heavy atom. The Kier molecular flexibility index (Phi) is 8.52. The first-order valence-electron chi connectivity index (χ1n) is 10.8. The molecule has 1 saturated heterocycles. The van der Waals surface area contributed by atoms with E-state index in [9.17, 15) is 5.11 Å². The van der Waals surface area contributed by atoms with Crippen LogP contribution in [0.2, 0.25) is 0 Å². The first kappa shape index (κ1) is 21.3. The van der Waals surface area contributed by atoms with Gasteiger partial charge in [0, 0.05) is 45.1 Å². The lowest BCUT2D eigenvalue weighted by atomic mass is 10.1. The van der Waals surface area contributed by atoms with E-state index in [0.29, 0.717) is 0 Å². The van der Waals surface area contributed by atoms with Crippen molar-refractivity contribution in [3.63, 3.8) is 0 Å². The fourth-order valence-electron chi connectivity index (χ4n) is 3.53. The smallest absolute Gasteiger partial charge is 0.191 e. The van der Waals surface area contributed by atoms with Crippen molar-refractivity contribution >= 4 is 5.96 Å². The number of aromatic nitrogens is 2. The van der Waals surface area contributed by atoms with Gasteiger partial charge in [0.15, 0.2) is 5.96 Å². The SMILES string of the molecule is CCNC(=NCCCN1CCC(O)CC1)NCCc1ccc(-n2cccn2)cc1. The summed E-state index contributed by atoms with van der Waals surface area (Å²) in [6, 6.07) is 10.4. The van der Waals surface area contributed by atoms with Gasteiger partial charge in [-0.15, -0.1) is 0 Å². The Hall–Kier alpha value is -2.38.